The van der Waals surface area contributed by atoms with Crippen LogP contribution in [0.5, 0.6) is 5.75 Å². The van der Waals surface area contributed by atoms with Gasteiger partial charge in [-0.3, -0.25) is 4.79 Å². The monoisotopic (exact) mass is 305 g/mol. The molecule has 0 radical (unpaired) electrons. The molecule has 0 saturated carbocycles. The molecule has 0 atom stereocenters. The topological polar surface area (TPSA) is 50.3 Å². The minimum absolute atomic E-state index is 0.131. The lowest BCUT2D eigenvalue weighted by Crippen LogP contribution is -2.31. The number of carbonyl (C=O) groups excluding carboxylic acids is 1. The van der Waals surface area contributed by atoms with Gasteiger partial charge in [-0.25, -0.2) is 0 Å². The van der Waals surface area contributed by atoms with Crippen molar-refractivity contribution in [2.24, 2.45) is 0 Å². The molecule has 2 heterocycles. The predicted octanol–water partition coefficient (Wildman–Crippen LogP) is 2.72. The third-order valence-corrected chi connectivity index (χ3v) is 4.15. The summed E-state index contributed by atoms with van der Waals surface area (Å²) in [4.78, 5) is 17.4. The van der Waals surface area contributed by atoms with Gasteiger partial charge in [-0.15, -0.1) is 0 Å². The number of imidazole rings is 1. The van der Waals surface area contributed by atoms with Gasteiger partial charge in [-0.05, 0) is 44.1 Å². The molecule has 2 aromatic rings. The second-order valence-corrected chi connectivity index (χ2v) is 5.57. The first kappa shape index (κ1) is 14.1. The quantitative estimate of drug-likeness (QED) is 0.884. The van der Waals surface area contributed by atoms with Crippen LogP contribution in [-0.2, 0) is 11.3 Å². The van der Waals surface area contributed by atoms with Crippen molar-refractivity contribution in [3.63, 3.8) is 0 Å². The third-order valence-electron chi connectivity index (χ3n) is 3.82. The van der Waals surface area contributed by atoms with E-state index < -0.39 is 0 Å². The molecule has 6 heteroatoms. The van der Waals surface area contributed by atoms with Crippen molar-refractivity contribution in [3.05, 3.63) is 23.0 Å². The number of hydrogen-bond acceptors (Lipinski definition) is 3. The summed E-state index contributed by atoms with van der Waals surface area (Å²) < 4.78 is 8.02. The van der Waals surface area contributed by atoms with Crippen LogP contribution in [0, 0.1) is 4.77 Å². The smallest absolute Gasteiger partial charge is 0.242 e. The number of amides is 1. The molecule has 1 aliphatic heterocycles. The van der Waals surface area contributed by atoms with E-state index in [1.54, 1.807) is 0 Å². The number of likely N-dealkylation sites (tertiary alicyclic amines) is 1. The Hall–Kier alpha value is -1.82. The van der Waals surface area contributed by atoms with Crippen LogP contribution in [0.1, 0.15) is 19.8 Å². The molecule has 1 fully saturated rings. The Bertz CT molecular complexity index is 713. The lowest BCUT2D eigenvalue weighted by molar-refractivity contribution is -0.130. The molecule has 1 aromatic carbocycles. The summed E-state index contributed by atoms with van der Waals surface area (Å²) in [5.41, 5.74) is 1.78. The summed E-state index contributed by atoms with van der Waals surface area (Å²) >= 11 is 5.37. The normalized spacial score (nSPS) is 14.8. The number of H-pyrrole nitrogens is 1. The maximum absolute atomic E-state index is 12.3. The van der Waals surface area contributed by atoms with Crippen LogP contribution >= 0.6 is 12.2 Å². The largest absolute Gasteiger partial charge is 0.492 e. The maximum Gasteiger partial charge on any atom is 0.242 e. The maximum atomic E-state index is 12.3. The molecule has 0 unspecified atom stereocenters. The molecule has 21 heavy (non-hydrogen) atoms. The van der Waals surface area contributed by atoms with Gasteiger partial charge in [-0.1, -0.05) is 6.07 Å². The Labute approximate surface area is 128 Å². The third kappa shape index (κ3) is 2.68. The van der Waals surface area contributed by atoms with Gasteiger partial charge in [0.1, 0.15) is 17.8 Å². The SMILES string of the molecule is CCOc1cccc2c1[nH]c(=S)n2CC(=O)N1CCCC1. The van der Waals surface area contributed by atoms with Crippen LogP contribution in [-0.4, -0.2) is 40.1 Å². The first-order chi connectivity index (χ1) is 10.2. The van der Waals surface area contributed by atoms with E-state index in [-0.39, 0.29) is 12.5 Å². The zero-order valence-electron chi connectivity index (χ0n) is 12.1. The first-order valence-electron chi connectivity index (χ1n) is 7.33. The highest BCUT2D eigenvalue weighted by Gasteiger charge is 2.19. The van der Waals surface area contributed by atoms with Gasteiger partial charge in [0.05, 0.1) is 12.1 Å². The number of nitrogens with one attached hydrogen (secondary N) is 1. The number of para-hydroxylation sites is 1. The van der Waals surface area contributed by atoms with E-state index in [1.807, 2.05) is 34.6 Å². The molecule has 1 aromatic heterocycles. The molecule has 5 nitrogen and oxygen atoms in total. The molecule has 0 aliphatic carbocycles. The number of ether oxygens (including phenoxy) is 1. The summed E-state index contributed by atoms with van der Waals surface area (Å²) in [6.07, 6.45) is 2.19. The Balaban J connectivity index is 1.95. The van der Waals surface area contributed by atoms with Crippen LogP contribution in [0.3, 0.4) is 0 Å². The number of fused-ring (bicyclic) bond motifs is 1. The lowest BCUT2D eigenvalue weighted by Gasteiger charge is -2.15. The zero-order valence-corrected chi connectivity index (χ0v) is 12.9. The zero-order chi connectivity index (χ0) is 14.8. The molecular formula is C15H19N3O2S. The van der Waals surface area contributed by atoms with Crippen molar-refractivity contribution in [2.45, 2.75) is 26.3 Å². The summed E-state index contributed by atoms with van der Waals surface area (Å²) in [5.74, 6) is 0.903. The molecule has 112 valence electrons. The van der Waals surface area contributed by atoms with Crippen LogP contribution in [0.15, 0.2) is 18.2 Å². The fraction of sp³-hybridized carbons (Fsp3) is 0.467. The second-order valence-electron chi connectivity index (χ2n) is 5.19. The van der Waals surface area contributed by atoms with Crippen molar-refractivity contribution < 1.29 is 9.53 Å². The molecule has 3 rings (SSSR count). The van der Waals surface area contributed by atoms with E-state index in [4.69, 9.17) is 17.0 Å². The highest BCUT2D eigenvalue weighted by Crippen LogP contribution is 2.25. The Morgan fingerprint density at radius 1 is 1.38 bits per heavy atom. The molecule has 0 spiro atoms. The number of benzene rings is 1. The lowest BCUT2D eigenvalue weighted by atomic mass is 10.3. The number of aromatic amines is 1. The molecule has 1 N–H and O–H groups in total. The first-order valence-corrected chi connectivity index (χ1v) is 7.73. The Morgan fingerprint density at radius 2 is 2.14 bits per heavy atom. The Morgan fingerprint density at radius 3 is 2.86 bits per heavy atom. The molecular weight excluding hydrogens is 286 g/mol. The van der Waals surface area contributed by atoms with Gasteiger partial charge < -0.3 is 19.2 Å². The molecule has 1 saturated heterocycles. The van der Waals surface area contributed by atoms with E-state index in [0.717, 1.165) is 42.7 Å². The fourth-order valence-electron chi connectivity index (χ4n) is 2.79. The number of carbonyl (C=O) groups is 1. The van der Waals surface area contributed by atoms with Crippen LogP contribution in [0.4, 0.5) is 0 Å². The standard InChI is InChI=1S/C15H19N3O2S/c1-2-20-12-7-5-6-11-14(12)16-15(21)18(11)10-13(19)17-8-3-4-9-17/h5-7H,2-4,8-10H2,1H3,(H,16,21). The van der Waals surface area contributed by atoms with Gasteiger partial charge in [0, 0.05) is 13.1 Å². The Kier molecular flexibility index (Phi) is 3.96. The average molecular weight is 305 g/mol. The number of hydrogen-bond donors (Lipinski definition) is 1. The van der Waals surface area contributed by atoms with Crippen LogP contribution < -0.4 is 4.74 Å². The minimum Gasteiger partial charge on any atom is -0.492 e. The van der Waals surface area contributed by atoms with Gasteiger partial charge in [0.2, 0.25) is 5.91 Å². The highest BCUT2D eigenvalue weighted by atomic mass is 32.1. The van der Waals surface area contributed by atoms with E-state index in [9.17, 15) is 4.79 Å². The van der Waals surface area contributed by atoms with E-state index >= 15 is 0 Å². The average Bonchev–Trinajstić information content (AvgIpc) is 3.09. The van der Waals surface area contributed by atoms with Gasteiger partial charge in [0.15, 0.2) is 4.77 Å². The number of nitrogens with zero attached hydrogens (tertiary/aromatic N) is 2. The van der Waals surface area contributed by atoms with Crippen molar-refractivity contribution in [1.82, 2.24) is 14.5 Å². The molecule has 0 bridgehead atoms. The van der Waals surface area contributed by atoms with Crippen LogP contribution in [0.2, 0.25) is 0 Å². The number of aromatic nitrogens is 2. The van der Waals surface area contributed by atoms with Crippen LogP contribution in [0.25, 0.3) is 11.0 Å². The van der Waals surface area contributed by atoms with E-state index in [1.165, 1.54) is 0 Å². The van der Waals surface area contributed by atoms with E-state index in [0.29, 0.717) is 11.4 Å². The minimum atomic E-state index is 0.131. The van der Waals surface area contributed by atoms with Gasteiger partial charge >= 0.3 is 0 Å². The summed E-state index contributed by atoms with van der Waals surface area (Å²) in [5, 5.41) is 0. The van der Waals surface area contributed by atoms with Crippen molar-refractivity contribution >= 4 is 29.2 Å². The van der Waals surface area contributed by atoms with Crippen molar-refractivity contribution in [3.8, 4) is 5.75 Å². The fourth-order valence-corrected chi connectivity index (χ4v) is 3.05. The number of rotatable bonds is 4. The predicted molar refractivity (Wildman–Crippen MR) is 84.1 cm³/mol. The molecule has 1 amide bonds. The molecule has 1 aliphatic rings. The van der Waals surface area contributed by atoms with E-state index in [2.05, 4.69) is 4.98 Å². The summed E-state index contributed by atoms with van der Waals surface area (Å²) in [6, 6.07) is 5.79. The van der Waals surface area contributed by atoms with Crippen molar-refractivity contribution in [2.75, 3.05) is 19.7 Å². The highest BCUT2D eigenvalue weighted by molar-refractivity contribution is 7.71. The summed E-state index contributed by atoms with van der Waals surface area (Å²) in [7, 11) is 0. The summed E-state index contributed by atoms with van der Waals surface area (Å²) in [6.45, 7) is 4.55. The van der Waals surface area contributed by atoms with Gasteiger partial charge in [-0.2, -0.15) is 0 Å². The second kappa shape index (κ2) is 5.89. The van der Waals surface area contributed by atoms with Gasteiger partial charge in [0.25, 0.3) is 0 Å². The van der Waals surface area contributed by atoms with Crippen molar-refractivity contribution in [1.29, 1.82) is 0 Å².